The van der Waals surface area contributed by atoms with Gasteiger partial charge in [-0.2, -0.15) is 0 Å². The number of ether oxygens (including phenoxy) is 4. The molecule has 7 fully saturated rings. The summed E-state index contributed by atoms with van der Waals surface area (Å²) in [6, 6.07) is 0. The van der Waals surface area contributed by atoms with Crippen molar-refractivity contribution in [3.63, 3.8) is 0 Å². The maximum absolute atomic E-state index is 10.2. The van der Waals surface area contributed by atoms with Crippen molar-refractivity contribution in [2.75, 3.05) is 52.9 Å². The summed E-state index contributed by atoms with van der Waals surface area (Å²) in [6.45, 7) is 29.7. The maximum Gasteiger partial charge on any atom is 0.104 e. The first-order valence-corrected chi connectivity index (χ1v) is 42.2. The minimum Gasteiger partial charge on any atom is -0.394 e. The van der Waals surface area contributed by atoms with Crippen molar-refractivity contribution >= 4 is 0 Å². The molecule has 12 bridgehead atoms. The topological polar surface area (TPSA) is 77.4 Å². The second kappa shape index (κ2) is 44.8. The third-order valence-electron chi connectivity index (χ3n) is 28.5. The van der Waals surface area contributed by atoms with E-state index in [1.807, 2.05) is 0 Å². The molecule has 0 radical (unpaired) electrons. The Kier molecular flexibility index (Phi) is 38.5. The molecule has 6 nitrogen and oxygen atoms in total. The van der Waals surface area contributed by atoms with Crippen LogP contribution in [-0.4, -0.2) is 75.3 Å². The average Bonchev–Trinajstić information content (AvgIpc) is 1.96. The second-order valence-electron chi connectivity index (χ2n) is 36.4. The molecule has 1 saturated heterocycles. The molecule has 6 heteroatoms. The molecule has 0 amide bonds. The number of hydrogen-bond donors (Lipinski definition) is 2. The van der Waals surface area contributed by atoms with E-state index in [0.29, 0.717) is 25.0 Å². The number of fused-ring (bicyclic) bond motifs is 14. The maximum atomic E-state index is 10.2. The molecule has 7 aliphatic rings. The number of rotatable bonds is 2. The van der Waals surface area contributed by atoms with E-state index in [2.05, 4.69) is 69.2 Å². The van der Waals surface area contributed by atoms with Crippen LogP contribution in [0.25, 0.3) is 0 Å². The Labute approximate surface area is 573 Å². The van der Waals surface area contributed by atoms with Crippen LogP contribution in [0.3, 0.4) is 0 Å². The monoisotopic (exact) mass is 1290 g/mol. The first-order chi connectivity index (χ1) is 44.6. The average molecular weight is 1290 g/mol. The number of hydrogen-bond acceptors (Lipinski definition) is 6. The van der Waals surface area contributed by atoms with Crippen molar-refractivity contribution < 1.29 is 29.2 Å². The van der Waals surface area contributed by atoms with Crippen LogP contribution >= 0.6 is 0 Å². The fraction of sp³-hybridized carbons (Fsp3) is 1.00. The predicted octanol–water partition coefficient (Wildman–Crippen LogP) is 23.8. The van der Waals surface area contributed by atoms with Gasteiger partial charge in [0, 0.05) is 26.4 Å². The molecule has 21 unspecified atom stereocenters. The summed E-state index contributed by atoms with van der Waals surface area (Å²) >= 11 is 0. The lowest BCUT2D eigenvalue weighted by Crippen LogP contribution is -2.25. The summed E-state index contributed by atoms with van der Waals surface area (Å²) in [5.41, 5.74) is 0. The van der Waals surface area contributed by atoms with Gasteiger partial charge in [0.25, 0.3) is 0 Å². The van der Waals surface area contributed by atoms with Gasteiger partial charge in [-0.25, -0.2) is 0 Å². The highest BCUT2D eigenvalue weighted by Crippen LogP contribution is 2.50. The molecule has 1 heterocycles. The van der Waals surface area contributed by atoms with E-state index in [-0.39, 0.29) is 25.4 Å². The fourth-order valence-electron chi connectivity index (χ4n) is 21.1. The van der Waals surface area contributed by atoms with Crippen LogP contribution in [0.4, 0.5) is 0 Å². The minimum absolute atomic E-state index is 0.0618. The Morgan fingerprint density at radius 1 is 0.228 bits per heavy atom. The summed E-state index contributed by atoms with van der Waals surface area (Å²) in [4.78, 5) is 0. The lowest BCUT2D eigenvalue weighted by molar-refractivity contribution is -0.0471. The lowest BCUT2D eigenvalue weighted by atomic mass is 9.83. The predicted molar refractivity (Wildman–Crippen MR) is 392 cm³/mol. The van der Waals surface area contributed by atoms with Gasteiger partial charge in [-0.3, -0.25) is 0 Å². The van der Waals surface area contributed by atoms with Gasteiger partial charge >= 0.3 is 0 Å². The highest BCUT2D eigenvalue weighted by Gasteiger charge is 2.39. The molecular formula is C86H160O6. The van der Waals surface area contributed by atoms with E-state index in [9.17, 15) is 10.2 Å². The van der Waals surface area contributed by atoms with E-state index in [4.69, 9.17) is 18.9 Å². The molecule has 0 aromatic carbocycles. The van der Waals surface area contributed by atoms with E-state index in [0.717, 1.165) is 158 Å². The van der Waals surface area contributed by atoms with E-state index < -0.39 is 0 Å². The van der Waals surface area contributed by atoms with Gasteiger partial charge in [0.05, 0.1) is 26.4 Å². The number of aliphatic hydroxyl groups is 2. The van der Waals surface area contributed by atoms with Crippen molar-refractivity contribution in [3.8, 4) is 0 Å². The van der Waals surface area contributed by atoms with Crippen LogP contribution < -0.4 is 0 Å². The summed E-state index contributed by atoms with van der Waals surface area (Å²) in [6.07, 6.45) is 61.5. The highest BCUT2D eigenvalue weighted by atomic mass is 16.5. The standard InChI is InChI=1S/C86H160O6/c1-63-17-11-23-69(7)77-37-33-73(53-77)27-15-21-67(5)45-51-91-85(59-87)61-90-50-48-76-36-40-82(56-76)84-44-42-80(58-84)72(10)26-14-20-66(4)32-30-64(2)18-12-24-70(8)78-38-34-74(54-78)28-16-22-68(6)46-52-92-86(60-88)62-89-49-47-75-35-39-81(55-75)83-43-41-79(57-83)71(9)25-13-19-65(3)31-29-63/h63-88H,11-62H2,1-10H3/t63?,64?,65?,66?,67-,68?,69?,70?,71?,72?,73?,74?,75?,76?,77?,78?,79?,80?,81?,82?,83?,84?,85-,86-/m0/s1. The quantitative estimate of drug-likeness (QED) is 0.287. The summed E-state index contributed by atoms with van der Waals surface area (Å²) in [5, 5.41) is 20.3. The van der Waals surface area contributed by atoms with Crippen LogP contribution in [0.2, 0.25) is 0 Å². The van der Waals surface area contributed by atoms with Crippen molar-refractivity contribution in [2.24, 2.45) is 130 Å². The van der Waals surface area contributed by atoms with Crippen LogP contribution in [0.1, 0.15) is 352 Å². The fourth-order valence-corrected chi connectivity index (χ4v) is 21.1. The summed E-state index contributed by atoms with van der Waals surface area (Å²) < 4.78 is 24.9. The highest BCUT2D eigenvalue weighted by molar-refractivity contribution is 4.90. The van der Waals surface area contributed by atoms with Crippen LogP contribution in [0.5, 0.6) is 0 Å². The third-order valence-corrected chi connectivity index (χ3v) is 28.5. The Morgan fingerprint density at radius 2 is 0.478 bits per heavy atom. The normalized spacial score (nSPS) is 42.9. The molecule has 0 aromatic rings. The largest absolute Gasteiger partial charge is 0.394 e. The molecule has 6 aliphatic carbocycles. The molecule has 540 valence electrons. The molecular weight excluding hydrogens is 1130 g/mol. The molecule has 6 saturated carbocycles. The van der Waals surface area contributed by atoms with Crippen LogP contribution in [0, 0.1) is 130 Å². The minimum atomic E-state index is -0.185. The Hall–Kier alpha value is -0.240. The van der Waals surface area contributed by atoms with Crippen LogP contribution in [0.15, 0.2) is 0 Å². The molecule has 2 N–H and O–H groups in total. The second-order valence-corrected chi connectivity index (χ2v) is 36.4. The Morgan fingerprint density at radius 3 is 0.815 bits per heavy atom. The zero-order valence-corrected chi connectivity index (χ0v) is 63.2. The van der Waals surface area contributed by atoms with Gasteiger partial charge in [-0.05, 0) is 246 Å². The third kappa shape index (κ3) is 29.9. The van der Waals surface area contributed by atoms with Crippen molar-refractivity contribution in [1.29, 1.82) is 0 Å². The number of aliphatic hydroxyl groups excluding tert-OH is 2. The van der Waals surface area contributed by atoms with Crippen molar-refractivity contribution in [3.05, 3.63) is 0 Å². The SMILES string of the molecule is CC1CCCC2CCC(C2)C(C)CCCC(C)CCC(C)CCCC(C)C2CCC(C2)C2CCC(CCOC[C@H](CO)OCC[C@@H](C)CCCC3CCC(C3)C(C)CCCC(C)CCC(C)CCCC(C)C3CCC(C3)C3CCC(CCOC[C@H](CO)OCC1)C3)C2. The Bertz CT molecular complexity index is 1700. The zero-order chi connectivity index (χ0) is 65.5. The summed E-state index contributed by atoms with van der Waals surface area (Å²) in [5.74, 6) is 19.6. The lowest BCUT2D eigenvalue weighted by Gasteiger charge is -2.23. The van der Waals surface area contributed by atoms with Gasteiger partial charge in [-0.1, -0.05) is 236 Å². The van der Waals surface area contributed by atoms with Gasteiger partial charge in [0.15, 0.2) is 0 Å². The van der Waals surface area contributed by atoms with Crippen molar-refractivity contribution in [2.45, 2.75) is 364 Å². The summed E-state index contributed by atoms with van der Waals surface area (Å²) in [7, 11) is 0. The van der Waals surface area contributed by atoms with Crippen molar-refractivity contribution in [1.82, 2.24) is 0 Å². The van der Waals surface area contributed by atoms with Gasteiger partial charge < -0.3 is 29.2 Å². The van der Waals surface area contributed by atoms with Gasteiger partial charge in [0.1, 0.15) is 12.2 Å². The molecule has 92 heavy (non-hydrogen) atoms. The first-order valence-electron chi connectivity index (χ1n) is 42.2. The van der Waals surface area contributed by atoms with Crippen LogP contribution in [-0.2, 0) is 18.9 Å². The molecule has 24 atom stereocenters. The van der Waals surface area contributed by atoms with Gasteiger partial charge in [-0.15, -0.1) is 0 Å². The van der Waals surface area contributed by atoms with Gasteiger partial charge in [0.2, 0.25) is 0 Å². The smallest absolute Gasteiger partial charge is 0.104 e. The molecule has 0 spiro atoms. The van der Waals surface area contributed by atoms with E-state index in [1.165, 1.54) is 270 Å². The zero-order valence-electron chi connectivity index (χ0n) is 63.2. The molecule has 1 aliphatic heterocycles. The van der Waals surface area contributed by atoms with E-state index in [1.54, 1.807) is 0 Å². The molecule has 0 aromatic heterocycles. The van der Waals surface area contributed by atoms with E-state index >= 15 is 0 Å². The first kappa shape index (κ1) is 79.1. The molecule has 7 rings (SSSR count). The Balaban J connectivity index is 0.773.